The van der Waals surface area contributed by atoms with Crippen molar-refractivity contribution in [2.24, 2.45) is 4.99 Å². The summed E-state index contributed by atoms with van der Waals surface area (Å²) in [5, 5.41) is 0. The fourth-order valence-electron chi connectivity index (χ4n) is 4.06. The van der Waals surface area contributed by atoms with E-state index >= 15 is 0 Å². The molecule has 9 heteroatoms. The van der Waals surface area contributed by atoms with E-state index in [1.54, 1.807) is 50.3 Å². The lowest BCUT2D eigenvalue weighted by Crippen LogP contribution is -2.40. The number of carbonyl (C=O) groups excluding carboxylic acids is 1. The van der Waals surface area contributed by atoms with Gasteiger partial charge in [-0.2, -0.15) is 0 Å². The number of thiazole rings is 1. The van der Waals surface area contributed by atoms with Crippen molar-refractivity contribution in [1.82, 2.24) is 4.57 Å². The van der Waals surface area contributed by atoms with E-state index in [-0.39, 0.29) is 23.8 Å². The predicted molar refractivity (Wildman–Crippen MR) is 136 cm³/mol. The summed E-state index contributed by atoms with van der Waals surface area (Å²) < 4.78 is 32.3. The van der Waals surface area contributed by atoms with Gasteiger partial charge in [-0.3, -0.25) is 9.36 Å². The highest BCUT2D eigenvalue weighted by Gasteiger charge is 2.34. The molecule has 4 rings (SSSR count). The fourth-order valence-corrected chi connectivity index (χ4v) is 5.11. The minimum Gasteiger partial charge on any atom is -0.493 e. The lowest BCUT2D eigenvalue weighted by atomic mass is 9.95. The van der Waals surface area contributed by atoms with Crippen LogP contribution in [0, 0.1) is 5.82 Å². The molecule has 3 aromatic rings. The van der Waals surface area contributed by atoms with Gasteiger partial charge in [-0.1, -0.05) is 29.5 Å². The Hall–Kier alpha value is -3.72. The Labute approximate surface area is 211 Å². The third kappa shape index (κ3) is 4.97. The first-order valence-corrected chi connectivity index (χ1v) is 12.3. The molecule has 1 aliphatic heterocycles. The van der Waals surface area contributed by atoms with Crippen LogP contribution < -0.4 is 24.4 Å². The Morgan fingerprint density at radius 2 is 2.00 bits per heavy atom. The summed E-state index contributed by atoms with van der Waals surface area (Å²) in [6.07, 6.45) is 1.55. The number of aromatic nitrogens is 1. The lowest BCUT2D eigenvalue weighted by Gasteiger charge is -2.25. The largest absolute Gasteiger partial charge is 0.493 e. The Morgan fingerprint density at radius 1 is 1.22 bits per heavy atom. The van der Waals surface area contributed by atoms with E-state index in [1.807, 2.05) is 13.8 Å². The standard InChI is InChI=1S/C27H27FN2O5S/c1-6-34-26(32)23-16(4)29-27-30(25(31)22(36-27)13-17-8-7-9-19(28)12-17)24(23)18-10-11-20(35-15(2)3)21(14-18)33-5/h7-15,24H,6H2,1-5H3/b22-13-/t24-/m0/s1. The molecule has 188 valence electrons. The summed E-state index contributed by atoms with van der Waals surface area (Å²) in [6, 6.07) is 10.5. The Kier molecular flexibility index (Phi) is 7.40. The topological polar surface area (TPSA) is 79.1 Å². The molecule has 0 radical (unpaired) electrons. The molecule has 0 bridgehead atoms. The Balaban J connectivity index is 1.95. The molecule has 0 N–H and O–H groups in total. The zero-order valence-electron chi connectivity index (χ0n) is 20.7. The second kappa shape index (κ2) is 10.5. The van der Waals surface area contributed by atoms with E-state index in [1.165, 1.54) is 35.1 Å². The van der Waals surface area contributed by atoms with Gasteiger partial charge in [-0.15, -0.1) is 0 Å². The van der Waals surface area contributed by atoms with Crippen molar-refractivity contribution in [2.75, 3.05) is 13.7 Å². The number of halogens is 1. The third-order valence-corrected chi connectivity index (χ3v) is 6.51. The number of hydrogen-bond donors (Lipinski definition) is 0. The maximum absolute atomic E-state index is 13.7. The van der Waals surface area contributed by atoms with Crippen LogP contribution in [0.2, 0.25) is 0 Å². The first-order chi connectivity index (χ1) is 17.2. The van der Waals surface area contributed by atoms with Gasteiger partial charge in [-0.05, 0) is 69.2 Å². The van der Waals surface area contributed by atoms with Crippen LogP contribution in [0.5, 0.6) is 11.5 Å². The quantitative estimate of drug-likeness (QED) is 0.453. The predicted octanol–water partition coefficient (Wildman–Crippen LogP) is 3.73. The number of fused-ring (bicyclic) bond motifs is 1. The molecule has 0 aliphatic carbocycles. The van der Waals surface area contributed by atoms with Crippen molar-refractivity contribution in [3.05, 3.63) is 90.4 Å². The summed E-state index contributed by atoms with van der Waals surface area (Å²) in [4.78, 5) is 31.7. The highest BCUT2D eigenvalue weighted by atomic mass is 32.1. The summed E-state index contributed by atoms with van der Waals surface area (Å²) >= 11 is 1.18. The number of rotatable bonds is 7. The molecule has 0 fully saturated rings. The highest BCUT2D eigenvalue weighted by Crippen LogP contribution is 2.36. The molecule has 1 atom stereocenters. The van der Waals surface area contributed by atoms with Crippen LogP contribution in [0.1, 0.15) is 44.9 Å². The number of allylic oxidation sites excluding steroid dienone is 1. The van der Waals surface area contributed by atoms with Crippen molar-refractivity contribution in [2.45, 2.75) is 39.8 Å². The van der Waals surface area contributed by atoms with E-state index in [9.17, 15) is 14.0 Å². The van der Waals surface area contributed by atoms with Gasteiger partial charge in [0.15, 0.2) is 16.3 Å². The first kappa shape index (κ1) is 25.4. The van der Waals surface area contributed by atoms with Crippen LogP contribution >= 0.6 is 11.3 Å². The number of nitrogens with zero attached hydrogens (tertiary/aromatic N) is 2. The SMILES string of the molecule is CCOC(=O)C1=C(C)N=c2s/c(=C\c3cccc(F)c3)c(=O)n2[C@H]1c1ccc(OC(C)C)c(OC)c1. The average Bonchev–Trinajstić information content (AvgIpc) is 3.12. The number of ether oxygens (including phenoxy) is 3. The number of benzene rings is 2. The van der Waals surface area contributed by atoms with E-state index in [0.717, 1.165) is 0 Å². The van der Waals surface area contributed by atoms with Gasteiger partial charge in [0.1, 0.15) is 5.82 Å². The zero-order valence-corrected chi connectivity index (χ0v) is 21.5. The normalized spacial score (nSPS) is 15.5. The number of methoxy groups -OCH3 is 1. The third-order valence-electron chi connectivity index (χ3n) is 5.53. The molecule has 0 spiro atoms. The molecule has 2 heterocycles. The monoisotopic (exact) mass is 510 g/mol. The lowest BCUT2D eigenvalue weighted by molar-refractivity contribution is -0.139. The van der Waals surface area contributed by atoms with Crippen LogP contribution in [0.3, 0.4) is 0 Å². The molecule has 1 aromatic heterocycles. The van der Waals surface area contributed by atoms with Crippen LogP contribution in [0.15, 0.2) is 63.5 Å². The van der Waals surface area contributed by atoms with Crippen LogP contribution in [-0.4, -0.2) is 30.4 Å². The van der Waals surface area contributed by atoms with Crippen LogP contribution in [0.25, 0.3) is 6.08 Å². The molecule has 0 saturated carbocycles. The van der Waals surface area contributed by atoms with E-state index < -0.39 is 17.8 Å². The van der Waals surface area contributed by atoms with Gasteiger partial charge in [-0.25, -0.2) is 14.2 Å². The molecule has 0 amide bonds. The van der Waals surface area contributed by atoms with E-state index in [4.69, 9.17) is 14.2 Å². The van der Waals surface area contributed by atoms with Crippen molar-refractivity contribution in [3.8, 4) is 11.5 Å². The van der Waals surface area contributed by atoms with Crippen molar-refractivity contribution in [1.29, 1.82) is 0 Å². The van der Waals surface area contributed by atoms with Gasteiger partial charge in [0, 0.05) is 0 Å². The fraction of sp³-hybridized carbons (Fsp3) is 0.296. The minimum absolute atomic E-state index is 0.0671. The van der Waals surface area contributed by atoms with E-state index in [0.29, 0.717) is 37.7 Å². The Bertz CT molecular complexity index is 1520. The average molecular weight is 511 g/mol. The summed E-state index contributed by atoms with van der Waals surface area (Å²) in [5.74, 6) is 0.0735. The molecule has 1 aliphatic rings. The van der Waals surface area contributed by atoms with Gasteiger partial charge < -0.3 is 14.2 Å². The first-order valence-electron chi connectivity index (χ1n) is 11.5. The van der Waals surface area contributed by atoms with Crippen molar-refractivity contribution in [3.63, 3.8) is 0 Å². The summed E-state index contributed by atoms with van der Waals surface area (Å²) in [7, 11) is 1.53. The van der Waals surface area contributed by atoms with Gasteiger partial charge in [0.2, 0.25) is 0 Å². The molecule has 2 aromatic carbocycles. The number of esters is 1. The second-order valence-electron chi connectivity index (χ2n) is 8.43. The van der Waals surface area contributed by atoms with Gasteiger partial charge in [0.25, 0.3) is 5.56 Å². The smallest absolute Gasteiger partial charge is 0.338 e. The summed E-state index contributed by atoms with van der Waals surface area (Å²) in [5.41, 5.74) is 1.57. The van der Waals surface area contributed by atoms with Crippen molar-refractivity contribution < 1.29 is 23.4 Å². The van der Waals surface area contributed by atoms with Gasteiger partial charge >= 0.3 is 5.97 Å². The zero-order chi connectivity index (χ0) is 26.0. The van der Waals surface area contributed by atoms with Crippen LogP contribution in [-0.2, 0) is 9.53 Å². The Morgan fingerprint density at radius 3 is 2.67 bits per heavy atom. The maximum atomic E-state index is 13.7. The molecule has 7 nitrogen and oxygen atoms in total. The summed E-state index contributed by atoms with van der Waals surface area (Å²) in [6.45, 7) is 7.44. The molecule has 0 unspecified atom stereocenters. The van der Waals surface area contributed by atoms with Gasteiger partial charge in [0.05, 0.1) is 41.7 Å². The second-order valence-corrected chi connectivity index (χ2v) is 9.44. The molecule has 36 heavy (non-hydrogen) atoms. The maximum Gasteiger partial charge on any atom is 0.338 e. The molecular weight excluding hydrogens is 483 g/mol. The number of hydrogen-bond acceptors (Lipinski definition) is 7. The molecule has 0 saturated heterocycles. The van der Waals surface area contributed by atoms with Crippen molar-refractivity contribution >= 4 is 23.4 Å². The van der Waals surface area contributed by atoms with E-state index in [2.05, 4.69) is 4.99 Å². The highest BCUT2D eigenvalue weighted by molar-refractivity contribution is 7.07. The minimum atomic E-state index is -0.794. The number of carbonyl (C=O) groups is 1. The van der Waals surface area contributed by atoms with Crippen LogP contribution in [0.4, 0.5) is 4.39 Å². The molecular formula is C27H27FN2O5S.